The van der Waals surface area contributed by atoms with Gasteiger partial charge < -0.3 is 14.2 Å². The van der Waals surface area contributed by atoms with Crippen molar-refractivity contribution in [3.05, 3.63) is 67.2 Å². The summed E-state index contributed by atoms with van der Waals surface area (Å²) < 4.78 is 16.8. The van der Waals surface area contributed by atoms with E-state index in [1.54, 1.807) is 0 Å². The molecule has 0 saturated carbocycles. The van der Waals surface area contributed by atoms with Crippen LogP contribution in [0.25, 0.3) is 0 Å². The summed E-state index contributed by atoms with van der Waals surface area (Å²) in [6.45, 7) is 6.54. The molecule has 0 aliphatic carbocycles. The second kappa shape index (κ2) is 51.7. The van der Waals surface area contributed by atoms with E-state index in [4.69, 9.17) is 14.2 Å². The number of carbonyl (C=O) groups excluding carboxylic acids is 3. The minimum atomic E-state index is -0.792. The molecule has 0 aliphatic heterocycles. The fourth-order valence-corrected chi connectivity index (χ4v) is 7.29. The maximum Gasteiger partial charge on any atom is 0.306 e. The molecule has 0 spiro atoms. The minimum absolute atomic E-state index is 0.0907. The first-order chi connectivity index (χ1) is 31.0. The Balaban J connectivity index is 4.44. The zero-order valence-electron chi connectivity index (χ0n) is 41.5. The van der Waals surface area contributed by atoms with Crippen LogP contribution in [0.3, 0.4) is 0 Å². The lowest BCUT2D eigenvalue weighted by atomic mass is 10.1. The molecule has 0 heterocycles. The molecule has 0 aromatic heterocycles. The number of hydrogen-bond acceptors (Lipinski definition) is 6. The minimum Gasteiger partial charge on any atom is -0.462 e. The summed E-state index contributed by atoms with van der Waals surface area (Å²) in [4.78, 5) is 38.0. The second-order valence-electron chi connectivity index (χ2n) is 17.6. The summed E-state index contributed by atoms with van der Waals surface area (Å²) >= 11 is 0. The number of allylic oxidation sites excluding steroid dienone is 10. The normalized spacial score (nSPS) is 12.5. The molecule has 1 unspecified atom stereocenters. The van der Waals surface area contributed by atoms with E-state index in [-0.39, 0.29) is 31.1 Å². The van der Waals surface area contributed by atoms with Gasteiger partial charge in [0.25, 0.3) is 0 Å². The van der Waals surface area contributed by atoms with Crippen LogP contribution in [0, 0.1) is 6.42 Å². The van der Waals surface area contributed by atoms with Crippen molar-refractivity contribution in [2.24, 2.45) is 0 Å². The van der Waals surface area contributed by atoms with Crippen molar-refractivity contribution in [2.45, 2.75) is 264 Å². The first-order valence-corrected chi connectivity index (χ1v) is 26.6. The molecule has 0 aliphatic rings. The van der Waals surface area contributed by atoms with Crippen molar-refractivity contribution >= 4 is 17.9 Å². The van der Waals surface area contributed by atoms with Gasteiger partial charge in [-0.1, -0.05) is 197 Å². The smallest absolute Gasteiger partial charge is 0.306 e. The lowest BCUT2D eigenvalue weighted by molar-refractivity contribution is -0.167. The number of hydrogen-bond donors (Lipinski definition) is 0. The van der Waals surface area contributed by atoms with Gasteiger partial charge in [0, 0.05) is 25.7 Å². The summed E-state index contributed by atoms with van der Waals surface area (Å²) in [5, 5.41) is 0. The van der Waals surface area contributed by atoms with Gasteiger partial charge in [-0.3, -0.25) is 14.4 Å². The summed E-state index contributed by atoms with van der Waals surface area (Å²) in [5.74, 6) is -0.927. The van der Waals surface area contributed by atoms with Crippen molar-refractivity contribution in [2.75, 3.05) is 13.2 Å². The van der Waals surface area contributed by atoms with Crippen molar-refractivity contribution < 1.29 is 28.6 Å². The molecular formula is C57H99O6. The maximum atomic E-state index is 12.8. The Labute approximate surface area is 390 Å². The summed E-state index contributed by atoms with van der Waals surface area (Å²) in [6.07, 6.45) is 63.9. The van der Waals surface area contributed by atoms with Gasteiger partial charge in [-0.25, -0.2) is 0 Å². The van der Waals surface area contributed by atoms with Crippen LogP contribution in [0.2, 0.25) is 0 Å². The summed E-state index contributed by atoms with van der Waals surface area (Å²) in [6, 6.07) is 0. The fraction of sp³-hybridized carbons (Fsp3) is 0.754. The standard InChI is InChI=1S/C57H99O6/c1-4-7-10-13-16-19-22-25-28-31-34-37-40-43-46-49-55(58)61-52-54(63-57(60)51-48-45-42-39-36-33-30-27-24-21-18-15-12-9-6-3)53-62-56(59)50-47-44-41-38-35-32-29-26-23-20-17-14-11-8-5-2/h16,18-19,21-22,25-30,54H,4-15,17,20,23-24,31-53H2,1-3H3/b19-16-,21-18-,28-25-,29-26-,30-27-. The molecule has 0 fully saturated rings. The zero-order valence-corrected chi connectivity index (χ0v) is 41.5. The Kier molecular flexibility index (Phi) is 49.4. The molecule has 1 radical (unpaired) electrons. The molecule has 0 saturated heterocycles. The van der Waals surface area contributed by atoms with Gasteiger partial charge in [0.1, 0.15) is 13.2 Å². The highest BCUT2D eigenvalue weighted by atomic mass is 16.6. The molecule has 363 valence electrons. The van der Waals surface area contributed by atoms with Crippen LogP contribution >= 0.6 is 0 Å². The van der Waals surface area contributed by atoms with Gasteiger partial charge in [0.15, 0.2) is 6.10 Å². The number of rotatable bonds is 48. The van der Waals surface area contributed by atoms with Gasteiger partial charge in [-0.05, 0) is 103 Å². The van der Waals surface area contributed by atoms with E-state index in [1.165, 1.54) is 103 Å². The maximum absolute atomic E-state index is 12.8. The van der Waals surface area contributed by atoms with Crippen molar-refractivity contribution in [3.8, 4) is 0 Å². The van der Waals surface area contributed by atoms with E-state index < -0.39 is 6.10 Å². The predicted octanol–water partition coefficient (Wildman–Crippen LogP) is 17.5. The number of carbonyl (C=O) groups is 3. The number of esters is 3. The van der Waals surface area contributed by atoms with Gasteiger partial charge in [-0.15, -0.1) is 0 Å². The number of ether oxygens (including phenoxy) is 3. The molecule has 0 N–H and O–H groups in total. The third kappa shape index (κ3) is 50.0. The van der Waals surface area contributed by atoms with Crippen LogP contribution < -0.4 is 0 Å². The molecule has 63 heavy (non-hydrogen) atoms. The highest BCUT2D eigenvalue weighted by Gasteiger charge is 2.19. The molecule has 6 heteroatoms. The SMILES string of the molecule is CCCCC/C=C\[CH]/C=C\CCCCCCCC(=O)OCC(COC(=O)CCCCCCC/C=C\CCCCCCCC)OC(=O)CCCCCCC/C=C\C/C=C\CCCCC. The largest absolute Gasteiger partial charge is 0.462 e. The Bertz CT molecular complexity index is 1150. The lowest BCUT2D eigenvalue weighted by Gasteiger charge is -2.18. The van der Waals surface area contributed by atoms with Crippen molar-refractivity contribution in [1.29, 1.82) is 0 Å². The molecule has 0 aromatic carbocycles. The van der Waals surface area contributed by atoms with Crippen LogP contribution in [-0.4, -0.2) is 37.2 Å². The van der Waals surface area contributed by atoms with E-state index in [2.05, 4.69) is 88.0 Å². The molecule has 0 rings (SSSR count). The van der Waals surface area contributed by atoms with Crippen LogP contribution in [0.5, 0.6) is 0 Å². The summed E-state index contributed by atoms with van der Waals surface area (Å²) in [5.41, 5.74) is 0. The quantitative estimate of drug-likeness (QED) is 0.0262. The van der Waals surface area contributed by atoms with Gasteiger partial charge in [0.2, 0.25) is 0 Å². The molecule has 1 atom stereocenters. The van der Waals surface area contributed by atoms with E-state index in [9.17, 15) is 14.4 Å². The molecule has 0 bridgehead atoms. The Morgan fingerprint density at radius 3 is 1.06 bits per heavy atom. The van der Waals surface area contributed by atoms with E-state index in [0.29, 0.717) is 19.3 Å². The highest BCUT2D eigenvalue weighted by molar-refractivity contribution is 5.71. The zero-order chi connectivity index (χ0) is 45.8. The summed E-state index contributed by atoms with van der Waals surface area (Å²) in [7, 11) is 0. The first kappa shape index (κ1) is 60.1. The van der Waals surface area contributed by atoms with Gasteiger partial charge in [0.05, 0.1) is 0 Å². The van der Waals surface area contributed by atoms with E-state index in [0.717, 1.165) is 116 Å². The van der Waals surface area contributed by atoms with E-state index >= 15 is 0 Å². The van der Waals surface area contributed by atoms with Crippen LogP contribution in [-0.2, 0) is 28.6 Å². The van der Waals surface area contributed by atoms with Crippen molar-refractivity contribution in [3.63, 3.8) is 0 Å². The van der Waals surface area contributed by atoms with E-state index in [1.807, 2.05) is 0 Å². The van der Waals surface area contributed by atoms with Gasteiger partial charge >= 0.3 is 17.9 Å². The Morgan fingerprint density at radius 1 is 0.349 bits per heavy atom. The number of unbranched alkanes of at least 4 members (excludes halogenated alkanes) is 27. The molecular weight excluding hydrogens is 781 g/mol. The van der Waals surface area contributed by atoms with Gasteiger partial charge in [-0.2, -0.15) is 0 Å². The molecule has 6 nitrogen and oxygen atoms in total. The Hall–Kier alpha value is -2.89. The second-order valence-corrected chi connectivity index (χ2v) is 17.6. The van der Waals surface area contributed by atoms with Crippen LogP contribution in [0.1, 0.15) is 258 Å². The fourth-order valence-electron chi connectivity index (χ4n) is 7.29. The van der Waals surface area contributed by atoms with Crippen LogP contribution in [0.4, 0.5) is 0 Å². The van der Waals surface area contributed by atoms with Crippen LogP contribution in [0.15, 0.2) is 60.8 Å². The first-order valence-electron chi connectivity index (χ1n) is 26.6. The monoisotopic (exact) mass is 880 g/mol. The lowest BCUT2D eigenvalue weighted by Crippen LogP contribution is -2.30. The highest BCUT2D eigenvalue weighted by Crippen LogP contribution is 2.14. The average molecular weight is 880 g/mol. The third-order valence-electron chi connectivity index (χ3n) is 11.4. The third-order valence-corrected chi connectivity index (χ3v) is 11.4. The predicted molar refractivity (Wildman–Crippen MR) is 270 cm³/mol. The van der Waals surface area contributed by atoms with Crippen molar-refractivity contribution in [1.82, 2.24) is 0 Å². The molecule has 0 amide bonds. The Morgan fingerprint density at radius 2 is 0.651 bits per heavy atom. The topological polar surface area (TPSA) is 78.9 Å². The molecule has 0 aromatic rings. The average Bonchev–Trinajstić information content (AvgIpc) is 3.28.